The van der Waals surface area contributed by atoms with Gasteiger partial charge < -0.3 is 19.9 Å². The van der Waals surface area contributed by atoms with Crippen LogP contribution in [-0.2, 0) is 19.1 Å². The van der Waals surface area contributed by atoms with Gasteiger partial charge in [0.15, 0.2) is 0 Å². The summed E-state index contributed by atoms with van der Waals surface area (Å²) in [6.45, 7) is 3.50. The van der Waals surface area contributed by atoms with Gasteiger partial charge in [-0.2, -0.15) is 0 Å². The predicted molar refractivity (Wildman–Crippen MR) is 128 cm³/mol. The van der Waals surface area contributed by atoms with E-state index in [1.165, 1.54) is 48.5 Å². The van der Waals surface area contributed by atoms with Gasteiger partial charge in [-0.25, -0.2) is 14.4 Å². The molecule has 3 rings (SSSR count). The summed E-state index contributed by atoms with van der Waals surface area (Å²) in [5, 5.41) is 12.7. The molecule has 0 spiro atoms. The zero-order chi connectivity index (χ0) is 25.5. The highest BCUT2D eigenvalue weighted by molar-refractivity contribution is 6.30. The molecule has 2 atom stereocenters. The van der Waals surface area contributed by atoms with Gasteiger partial charge in [-0.15, -0.1) is 0 Å². The number of nitrogens with one attached hydrogen (secondary N) is 1. The third kappa shape index (κ3) is 6.91. The summed E-state index contributed by atoms with van der Waals surface area (Å²) in [5.41, 5.74) is 1.95. The highest BCUT2D eigenvalue weighted by Crippen LogP contribution is 2.18. The van der Waals surface area contributed by atoms with E-state index < -0.39 is 36.0 Å². The van der Waals surface area contributed by atoms with Crippen molar-refractivity contribution in [1.29, 1.82) is 0 Å². The van der Waals surface area contributed by atoms with E-state index in [-0.39, 0.29) is 16.8 Å². The number of esters is 2. The number of halogens is 1. The van der Waals surface area contributed by atoms with Gasteiger partial charge in [0.25, 0.3) is 5.91 Å². The number of ether oxygens (including phenoxy) is 2. The van der Waals surface area contributed by atoms with Crippen LogP contribution in [0.15, 0.2) is 72.8 Å². The number of hydrogen-bond donors (Lipinski definition) is 2. The van der Waals surface area contributed by atoms with E-state index in [9.17, 15) is 24.3 Å². The fourth-order valence-corrected chi connectivity index (χ4v) is 3.28. The number of rotatable bonds is 8. The molecule has 0 saturated heterocycles. The second-order valence-electron chi connectivity index (χ2n) is 7.73. The summed E-state index contributed by atoms with van der Waals surface area (Å²) < 4.78 is 10.5. The highest BCUT2D eigenvalue weighted by atomic mass is 35.5. The van der Waals surface area contributed by atoms with Crippen LogP contribution in [0.4, 0.5) is 5.69 Å². The summed E-state index contributed by atoms with van der Waals surface area (Å²) in [5.74, 6) is -4.61. The Kier molecular flexibility index (Phi) is 8.22. The van der Waals surface area contributed by atoms with Crippen LogP contribution in [0.5, 0.6) is 0 Å². The lowest BCUT2D eigenvalue weighted by molar-refractivity contribution is -0.157. The van der Waals surface area contributed by atoms with Crippen LogP contribution in [-0.4, -0.2) is 41.1 Å². The Balaban J connectivity index is 1.91. The van der Waals surface area contributed by atoms with E-state index in [0.717, 1.165) is 11.1 Å². The molecule has 8 nitrogen and oxygen atoms in total. The number of hydrogen-bond acceptors (Lipinski definition) is 6. The normalized spacial score (nSPS) is 12.2. The van der Waals surface area contributed by atoms with Crippen LogP contribution in [0.3, 0.4) is 0 Å². The zero-order valence-electron chi connectivity index (χ0n) is 18.9. The Morgan fingerprint density at radius 1 is 0.771 bits per heavy atom. The summed E-state index contributed by atoms with van der Waals surface area (Å²) in [6, 6.07) is 18.6. The van der Waals surface area contributed by atoms with E-state index in [1.54, 1.807) is 38.1 Å². The van der Waals surface area contributed by atoms with Crippen molar-refractivity contribution in [1.82, 2.24) is 0 Å². The Morgan fingerprint density at radius 3 is 1.71 bits per heavy atom. The topological polar surface area (TPSA) is 119 Å². The average molecular weight is 496 g/mol. The van der Waals surface area contributed by atoms with Crippen LogP contribution in [0.2, 0.25) is 5.02 Å². The third-order valence-corrected chi connectivity index (χ3v) is 5.12. The third-order valence-electron chi connectivity index (χ3n) is 4.86. The molecule has 0 bridgehead atoms. The monoisotopic (exact) mass is 495 g/mol. The molecule has 3 aromatic rings. The molecule has 2 N–H and O–H groups in total. The standard InChI is InChI=1S/C26H22ClNO7/c1-15-5-3-7-17(13-15)25(32)34-21(23(29)28-20-11-9-19(27)10-12-20)22(24(30)31)35-26(33)18-8-4-6-16(2)14-18/h3-14,21-22H,1-2H3,(H,28,29)(H,30,31). The Morgan fingerprint density at radius 2 is 1.26 bits per heavy atom. The number of amides is 1. The first-order valence-corrected chi connectivity index (χ1v) is 10.9. The van der Waals surface area contributed by atoms with Crippen molar-refractivity contribution in [3.63, 3.8) is 0 Å². The molecule has 0 heterocycles. The molecule has 0 fully saturated rings. The maximum absolute atomic E-state index is 13.1. The van der Waals surface area contributed by atoms with Gasteiger partial charge in [0.2, 0.25) is 12.2 Å². The Hall–Kier alpha value is -4.17. The SMILES string of the molecule is Cc1cccc(C(=O)OC(C(=O)O)C(OC(=O)c2cccc(C)c2)C(=O)Nc2ccc(Cl)cc2)c1. The van der Waals surface area contributed by atoms with E-state index in [2.05, 4.69) is 5.32 Å². The van der Waals surface area contributed by atoms with E-state index in [4.69, 9.17) is 21.1 Å². The Bertz CT molecular complexity index is 1260. The van der Waals surface area contributed by atoms with Crippen molar-refractivity contribution in [3.05, 3.63) is 100 Å². The summed E-state index contributed by atoms with van der Waals surface area (Å²) in [6.07, 6.45) is -4.12. The lowest BCUT2D eigenvalue weighted by atomic mass is 10.1. The first-order chi connectivity index (χ1) is 16.6. The number of carboxylic acid groups (broad SMARTS) is 1. The summed E-state index contributed by atoms with van der Waals surface area (Å²) in [7, 11) is 0. The minimum absolute atomic E-state index is 0.0816. The van der Waals surface area contributed by atoms with Crippen molar-refractivity contribution in [2.24, 2.45) is 0 Å². The molecule has 1 amide bonds. The van der Waals surface area contributed by atoms with Crippen molar-refractivity contribution >= 4 is 41.1 Å². The number of carboxylic acids is 1. The molecule has 3 aromatic carbocycles. The smallest absolute Gasteiger partial charge is 0.349 e. The molecule has 9 heteroatoms. The predicted octanol–water partition coefficient (Wildman–Crippen LogP) is 4.43. The molecule has 0 aliphatic carbocycles. The van der Waals surface area contributed by atoms with Crippen molar-refractivity contribution in [2.45, 2.75) is 26.1 Å². The molecule has 180 valence electrons. The van der Waals surface area contributed by atoms with Crippen molar-refractivity contribution < 1.29 is 33.8 Å². The number of carbonyl (C=O) groups excluding carboxylic acids is 3. The number of aliphatic carboxylic acids is 1. The second-order valence-corrected chi connectivity index (χ2v) is 8.16. The summed E-state index contributed by atoms with van der Waals surface area (Å²) >= 11 is 5.86. The van der Waals surface area contributed by atoms with Gasteiger partial charge in [0.1, 0.15) is 0 Å². The minimum Gasteiger partial charge on any atom is -0.478 e. The van der Waals surface area contributed by atoms with E-state index in [0.29, 0.717) is 5.02 Å². The zero-order valence-corrected chi connectivity index (χ0v) is 19.6. The lowest BCUT2D eigenvalue weighted by Crippen LogP contribution is -2.48. The number of benzene rings is 3. The molecular weight excluding hydrogens is 474 g/mol. The molecule has 0 aliphatic rings. The minimum atomic E-state index is -2.12. The van der Waals surface area contributed by atoms with Crippen LogP contribution in [0, 0.1) is 13.8 Å². The number of aryl methyl sites for hydroxylation is 2. The first kappa shape index (κ1) is 25.5. The molecular formula is C26H22ClNO7. The van der Waals surface area contributed by atoms with Crippen LogP contribution in [0.25, 0.3) is 0 Å². The molecule has 35 heavy (non-hydrogen) atoms. The van der Waals surface area contributed by atoms with Gasteiger partial charge in [0, 0.05) is 10.7 Å². The van der Waals surface area contributed by atoms with Gasteiger partial charge in [-0.05, 0) is 62.4 Å². The number of anilines is 1. The Labute approximate surface area is 206 Å². The molecule has 0 radical (unpaired) electrons. The maximum atomic E-state index is 13.1. The first-order valence-electron chi connectivity index (χ1n) is 10.5. The second kappa shape index (κ2) is 11.3. The van der Waals surface area contributed by atoms with Gasteiger partial charge in [-0.3, -0.25) is 4.79 Å². The van der Waals surface area contributed by atoms with E-state index in [1.807, 2.05) is 0 Å². The van der Waals surface area contributed by atoms with Gasteiger partial charge >= 0.3 is 17.9 Å². The van der Waals surface area contributed by atoms with Gasteiger partial charge in [-0.1, -0.05) is 47.0 Å². The maximum Gasteiger partial charge on any atom is 0.349 e. The van der Waals surface area contributed by atoms with Crippen LogP contribution in [0.1, 0.15) is 31.8 Å². The number of carbonyl (C=O) groups is 4. The molecule has 0 aliphatic heterocycles. The van der Waals surface area contributed by atoms with Gasteiger partial charge in [0.05, 0.1) is 11.1 Å². The van der Waals surface area contributed by atoms with E-state index >= 15 is 0 Å². The molecule has 0 aromatic heterocycles. The largest absolute Gasteiger partial charge is 0.478 e. The quantitative estimate of drug-likeness (QED) is 0.443. The van der Waals surface area contributed by atoms with Crippen LogP contribution >= 0.6 is 11.6 Å². The fraction of sp³-hybridized carbons (Fsp3) is 0.154. The lowest BCUT2D eigenvalue weighted by Gasteiger charge is -2.23. The summed E-state index contributed by atoms with van der Waals surface area (Å²) in [4.78, 5) is 50.6. The fourth-order valence-electron chi connectivity index (χ4n) is 3.15. The average Bonchev–Trinajstić information content (AvgIpc) is 2.82. The molecule has 0 saturated carbocycles. The van der Waals surface area contributed by atoms with Crippen molar-refractivity contribution in [2.75, 3.05) is 5.32 Å². The van der Waals surface area contributed by atoms with Crippen LogP contribution < -0.4 is 5.32 Å². The van der Waals surface area contributed by atoms with Crippen molar-refractivity contribution in [3.8, 4) is 0 Å². The highest BCUT2D eigenvalue weighted by Gasteiger charge is 2.41. The molecule has 2 unspecified atom stereocenters.